The number of phenols is 1. The molecule has 1 N–H and O–H groups in total. The molecule has 1 heterocycles. The van der Waals surface area contributed by atoms with Gasteiger partial charge in [0.1, 0.15) is 5.75 Å². The minimum atomic E-state index is -0.0399. The first kappa shape index (κ1) is 12.0. The molecule has 0 aliphatic carbocycles. The second-order valence-electron chi connectivity index (χ2n) is 3.37. The summed E-state index contributed by atoms with van der Waals surface area (Å²) in [5.74, 6) is 0.483. The van der Waals surface area contributed by atoms with Gasteiger partial charge in [-0.3, -0.25) is 0 Å². The van der Waals surface area contributed by atoms with Gasteiger partial charge in [-0.1, -0.05) is 23.2 Å². The second-order valence-corrected chi connectivity index (χ2v) is 4.19. The third kappa shape index (κ3) is 2.46. The Morgan fingerprint density at radius 1 is 1.18 bits per heavy atom. The molecule has 17 heavy (non-hydrogen) atoms. The Kier molecular flexibility index (Phi) is 3.41. The minimum absolute atomic E-state index is 0.0399. The largest absolute Gasteiger partial charge is 0.506 e. The minimum Gasteiger partial charge on any atom is -0.506 e. The molecule has 0 aliphatic heterocycles. The first-order chi connectivity index (χ1) is 8.11. The van der Waals surface area contributed by atoms with Crippen LogP contribution in [0.15, 0.2) is 30.5 Å². The summed E-state index contributed by atoms with van der Waals surface area (Å²) in [6.07, 6.45) is 1.63. The summed E-state index contributed by atoms with van der Waals surface area (Å²) in [6.45, 7) is 0. The van der Waals surface area contributed by atoms with Gasteiger partial charge in [0.05, 0.1) is 17.2 Å². The van der Waals surface area contributed by atoms with E-state index in [2.05, 4.69) is 4.98 Å². The zero-order valence-corrected chi connectivity index (χ0v) is 10.5. The van der Waals surface area contributed by atoms with E-state index in [1.165, 1.54) is 6.07 Å². The van der Waals surface area contributed by atoms with Crippen LogP contribution in [0, 0.1) is 0 Å². The molecule has 88 valence electrons. The molecule has 0 amide bonds. The van der Waals surface area contributed by atoms with Gasteiger partial charge < -0.3 is 9.84 Å². The molecule has 2 aromatic rings. The van der Waals surface area contributed by atoms with Crippen LogP contribution in [-0.2, 0) is 0 Å². The summed E-state index contributed by atoms with van der Waals surface area (Å²) in [4.78, 5) is 4.08. The van der Waals surface area contributed by atoms with Crippen molar-refractivity contribution in [1.29, 1.82) is 0 Å². The van der Waals surface area contributed by atoms with E-state index in [4.69, 9.17) is 27.9 Å². The Morgan fingerprint density at radius 3 is 2.53 bits per heavy atom. The Balaban J connectivity index is 2.48. The van der Waals surface area contributed by atoms with Crippen molar-refractivity contribution in [3.63, 3.8) is 0 Å². The van der Waals surface area contributed by atoms with Crippen molar-refractivity contribution in [2.24, 2.45) is 0 Å². The van der Waals surface area contributed by atoms with Crippen molar-refractivity contribution in [2.45, 2.75) is 0 Å². The standard InChI is InChI=1S/C12H9Cl2NO2/c1-17-12-3-2-7(6-15-12)8-4-10(14)11(16)5-9(8)13/h2-6,16H,1H3. The van der Waals surface area contributed by atoms with Crippen LogP contribution < -0.4 is 4.74 Å². The van der Waals surface area contributed by atoms with Gasteiger partial charge in [0.15, 0.2) is 0 Å². The molecule has 1 aromatic carbocycles. The number of methoxy groups -OCH3 is 1. The van der Waals surface area contributed by atoms with Gasteiger partial charge in [0, 0.05) is 29.5 Å². The number of hydrogen-bond donors (Lipinski definition) is 1. The van der Waals surface area contributed by atoms with Gasteiger partial charge in [-0.2, -0.15) is 0 Å². The number of aromatic hydroxyl groups is 1. The number of phenolic OH excluding ortho intramolecular Hbond substituents is 1. The summed E-state index contributed by atoms with van der Waals surface area (Å²) in [5, 5.41) is 10.1. The van der Waals surface area contributed by atoms with Crippen molar-refractivity contribution >= 4 is 23.2 Å². The molecule has 3 nitrogen and oxygen atoms in total. The predicted octanol–water partition coefficient (Wildman–Crippen LogP) is 3.77. The van der Waals surface area contributed by atoms with Gasteiger partial charge in [0.2, 0.25) is 5.88 Å². The summed E-state index contributed by atoms with van der Waals surface area (Å²) in [6, 6.07) is 6.55. The molecular formula is C12H9Cl2NO2. The average molecular weight is 270 g/mol. The normalized spacial score (nSPS) is 10.3. The summed E-state index contributed by atoms with van der Waals surface area (Å²) < 4.78 is 4.97. The summed E-state index contributed by atoms with van der Waals surface area (Å²) in [5.41, 5.74) is 1.52. The van der Waals surface area contributed by atoms with Crippen LogP contribution in [0.3, 0.4) is 0 Å². The van der Waals surface area contributed by atoms with E-state index in [0.29, 0.717) is 16.5 Å². The summed E-state index contributed by atoms with van der Waals surface area (Å²) >= 11 is 11.9. The van der Waals surface area contributed by atoms with Gasteiger partial charge in [-0.15, -0.1) is 0 Å². The smallest absolute Gasteiger partial charge is 0.212 e. The van der Waals surface area contributed by atoms with E-state index >= 15 is 0 Å². The highest BCUT2D eigenvalue weighted by molar-refractivity contribution is 6.36. The predicted molar refractivity (Wildman–Crippen MR) is 67.9 cm³/mol. The fourth-order valence-electron chi connectivity index (χ4n) is 1.42. The molecule has 0 bridgehead atoms. The SMILES string of the molecule is COc1ccc(-c2cc(Cl)c(O)cc2Cl)cn1. The molecule has 0 spiro atoms. The Bertz CT molecular complexity index is 541. The highest BCUT2D eigenvalue weighted by atomic mass is 35.5. The fraction of sp³-hybridized carbons (Fsp3) is 0.0833. The highest BCUT2D eigenvalue weighted by Crippen LogP contribution is 2.35. The van der Waals surface area contributed by atoms with Crippen LogP contribution >= 0.6 is 23.2 Å². The van der Waals surface area contributed by atoms with Crippen LogP contribution in [0.2, 0.25) is 10.0 Å². The van der Waals surface area contributed by atoms with Crippen LogP contribution in [0.1, 0.15) is 0 Å². The topological polar surface area (TPSA) is 42.4 Å². The lowest BCUT2D eigenvalue weighted by molar-refractivity contribution is 0.398. The van der Waals surface area contributed by atoms with E-state index in [1.54, 1.807) is 25.4 Å². The number of halogens is 2. The number of aromatic nitrogens is 1. The van der Waals surface area contributed by atoms with E-state index in [1.807, 2.05) is 6.07 Å². The van der Waals surface area contributed by atoms with Crippen LogP contribution in [0.4, 0.5) is 0 Å². The average Bonchev–Trinajstić information content (AvgIpc) is 2.34. The maximum atomic E-state index is 9.40. The Labute approximate surface area is 109 Å². The van der Waals surface area contributed by atoms with Gasteiger partial charge in [-0.25, -0.2) is 4.98 Å². The Hall–Kier alpha value is -1.45. The zero-order chi connectivity index (χ0) is 12.4. The molecule has 2 rings (SSSR count). The van der Waals surface area contributed by atoms with E-state index < -0.39 is 0 Å². The first-order valence-electron chi connectivity index (χ1n) is 4.80. The molecule has 0 saturated heterocycles. The molecular weight excluding hydrogens is 261 g/mol. The monoisotopic (exact) mass is 269 g/mol. The van der Waals surface area contributed by atoms with Crippen molar-refractivity contribution in [3.8, 4) is 22.8 Å². The van der Waals surface area contributed by atoms with Crippen LogP contribution in [-0.4, -0.2) is 17.2 Å². The molecule has 0 radical (unpaired) electrons. The highest BCUT2D eigenvalue weighted by Gasteiger charge is 2.09. The lowest BCUT2D eigenvalue weighted by Crippen LogP contribution is -1.87. The number of nitrogens with zero attached hydrogens (tertiary/aromatic N) is 1. The van der Waals surface area contributed by atoms with Crippen molar-refractivity contribution < 1.29 is 9.84 Å². The van der Waals surface area contributed by atoms with E-state index in [-0.39, 0.29) is 10.8 Å². The molecule has 0 unspecified atom stereocenters. The number of benzene rings is 1. The van der Waals surface area contributed by atoms with Crippen molar-refractivity contribution in [2.75, 3.05) is 7.11 Å². The molecule has 0 saturated carbocycles. The maximum Gasteiger partial charge on any atom is 0.212 e. The van der Waals surface area contributed by atoms with Crippen molar-refractivity contribution in [3.05, 3.63) is 40.5 Å². The maximum absolute atomic E-state index is 9.40. The molecule has 0 atom stereocenters. The third-order valence-corrected chi connectivity index (χ3v) is 2.91. The lowest BCUT2D eigenvalue weighted by atomic mass is 10.1. The van der Waals surface area contributed by atoms with Gasteiger partial charge in [0.25, 0.3) is 0 Å². The van der Waals surface area contributed by atoms with E-state index in [0.717, 1.165) is 5.56 Å². The number of ether oxygens (including phenoxy) is 1. The summed E-state index contributed by atoms with van der Waals surface area (Å²) in [7, 11) is 1.55. The molecule has 1 aromatic heterocycles. The van der Waals surface area contributed by atoms with Crippen LogP contribution in [0.25, 0.3) is 11.1 Å². The third-order valence-electron chi connectivity index (χ3n) is 2.29. The first-order valence-corrected chi connectivity index (χ1v) is 5.56. The van der Waals surface area contributed by atoms with Gasteiger partial charge in [-0.05, 0) is 12.1 Å². The number of pyridine rings is 1. The zero-order valence-electron chi connectivity index (χ0n) is 8.95. The number of hydrogen-bond acceptors (Lipinski definition) is 3. The van der Waals surface area contributed by atoms with Gasteiger partial charge >= 0.3 is 0 Å². The quantitative estimate of drug-likeness (QED) is 0.903. The van der Waals surface area contributed by atoms with Crippen molar-refractivity contribution in [1.82, 2.24) is 4.98 Å². The fourth-order valence-corrected chi connectivity index (χ4v) is 1.85. The molecule has 0 aliphatic rings. The number of rotatable bonds is 2. The Morgan fingerprint density at radius 2 is 1.94 bits per heavy atom. The van der Waals surface area contributed by atoms with E-state index in [9.17, 15) is 5.11 Å². The molecule has 5 heteroatoms. The lowest BCUT2D eigenvalue weighted by Gasteiger charge is -2.07. The molecule has 0 fully saturated rings. The van der Waals surface area contributed by atoms with Crippen LogP contribution in [0.5, 0.6) is 11.6 Å². The second kappa shape index (κ2) is 4.82.